The third-order valence-corrected chi connectivity index (χ3v) is 5.62. The molecule has 0 radical (unpaired) electrons. The highest BCUT2D eigenvalue weighted by atomic mass is 79.9. The van der Waals surface area contributed by atoms with Crippen LogP contribution in [-0.4, -0.2) is 0 Å². The van der Waals surface area contributed by atoms with Crippen LogP contribution < -0.4 is 11.3 Å². The van der Waals surface area contributed by atoms with Crippen molar-refractivity contribution in [3.8, 4) is 0 Å². The molecule has 1 unspecified atom stereocenters. The zero-order valence-electron chi connectivity index (χ0n) is 12.0. The second-order valence-corrected chi connectivity index (χ2v) is 6.66. The van der Waals surface area contributed by atoms with E-state index in [1.165, 1.54) is 59.7 Å². The number of aryl methyl sites for hydroxylation is 2. The lowest BCUT2D eigenvalue weighted by atomic mass is 9.86. The zero-order valence-corrected chi connectivity index (χ0v) is 13.6. The van der Waals surface area contributed by atoms with E-state index in [4.69, 9.17) is 5.84 Å². The van der Waals surface area contributed by atoms with E-state index in [0.29, 0.717) is 12.0 Å². The molecular formula is C16H25BrN2. The summed E-state index contributed by atoms with van der Waals surface area (Å²) in [7, 11) is 0. The normalized spacial score (nSPS) is 19.2. The highest BCUT2D eigenvalue weighted by Crippen LogP contribution is 2.35. The minimum atomic E-state index is 0.295. The lowest BCUT2D eigenvalue weighted by Crippen LogP contribution is -2.33. The van der Waals surface area contributed by atoms with Crippen LogP contribution >= 0.6 is 15.9 Å². The SMILES string of the molecule is Cc1cc(C(NN)C2CCCCCC2)cc(C)c1Br. The first-order valence-electron chi connectivity index (χ1n) is 7.36. The van der Waals surface area contributed by atoms with E-state index in [1.807, 2.05) is 0 Å². The Balaban J connectivity index is 2.25. The third kappa shape index (κ3) is 3.59. The Hall–Kier alpha value is -0.380. The Bertz CT molecular complexity index is 400. The molecule has 1 aliphatic carbocycles. The minimum Gasteiger partial charge on any atom is -0.271 e. The summed E-state index contributed by atoms with van der Waals surface area (Å²) < 4.78 is 1.22. The number of nitrogens with two attached hydrogens (primary N) is 1. The summed E-state index contributed by atoms with van der Waals surface area (Å²) in [5.41, 5.74) is 7.01. The molecule has 1 aliphatic rings. The summed E-state index contributed by atoms with van der Waals surface area (Å²) in [6.07, 6.45) is 8.04. The van der Waals surface area contributed by atoms with Gasteiger partial charge in [0.1, 0.15) is 0 Å². The molecule has 0 amide bonds. The summed E-state index contributed by atoms with van der Waals surface area (Å²) in [6.45, 7) is 4.31. The van der Waals surface area contributed by atoms with Crippen molar-refractivity contribution in [3.63, 3.8) is 0 Å². The molecule has 3 heteroatoms. The molecule has 1 aromatic carbocycles. The van der Waals surface area contributed by atoms with Crippen molar-refractivity contribution >= 4 is 15.9 Å². The van der Waals surface area contributed by atoms with Gasteiger partial charge in [0.15, 0.2) is 0 Å². The average Bonchev–Trinajstić information content (AvgIpc) is 2.66. The van der Waals surface area contributed by atoms with Gasteiger partial charge in [-0.3, -0.25) is 11.3 Å². The first-order valence-corrected chi connectivity index (χ1v) is 8.15. The Morgan fingerprint density at radius 3 is 2.11 bits per heavy atom. The number of nitrogens with one attached hydrogen (secondary N) is 1. The highest BCUT2D eigenvalue weighted by Gasteiger charge is 2.23. The fourth-order valence-corrected chi connectivity index (χ4v) is 3.54. The fourth-order valence-electron chi connectivity index (χ4n) is 3.31. The fraction of sp³-hybridized carbons (Fsp3) is 0.625. The van der Waals surface area contributed by atoms with Crippen LogP contribution in [0.25, 0.3) is 0 Å². The van der Waals surface area contributed by atoms with Crippen molar-refractivity contribution in [3.05, 3.63) is 33.3 Å². The zero-order chi connectivity index (χ0) is 13.8. The van der Waals surface area contributed by atoms with Gasteiger partial charge in [0.25, 0.3) is 0 Å². The van der Waals surface area contributed by atoms with Crippen molar-refractivity contribution in [2.24, 2.45) is 11.8 Å². The molecular weight excluding hydrogens is 300 g/mol. The molecule has 19 heavy (non-hydrogen) atoms. The standard InChI is InChI=1S/C16H25BrN2/c1-11-9-14(10-12(2)15(11)17)16(19-18)13-7-5-3-4-6-8-13/h9-10,13,16,19H,3-8,18H2,1-2H3. The largest absolute Gasteiger partial charge is 0.271 e. The Morgan fingerprint density at radius 1 is 1.11 bits per heavy atom. The van der Waals surface area contributed by atoms with Crippen LogP contribution in [0.15, 0.2) is 16.6 Å². The first-order chi connectivity index (χ1) is 9.13. The van der Waals surface area contributed by atoms with Crippen molar-refractivity contribution in [2.45, 2.75) is 58.4 Å². The number of hydrogen-bond donors (Lipinski definition) is 2. The number of rotatable bonds is 3. The van der Waals surface area contributed by atoms with Crippen molar-refractivity contribution in [1.82, 2.24) is 5.43 Å². The predicted octanol–water partition coefficient (Wildman–Crippen LogP) is 4.54. The number of hydrazine groups is 1. The molecule has 0 spiro atoms. The molecule has 0 bridgehead atoms. The third-order valence-electron chi connectivity index (χ3n) is 4.37. The minimum absolute atomic E-state index is 0.295. The Morgan fingerprint density at radius 2 is 1.63 bits per heavy atom. The number of hydrogen-bond acceptors (Lipinski definition) is 2. The van der Waals surface area contributed by atoms with E-state index in [-0.39, 0.29) is 0 Å². The molecule has 0 heterocycles. The molecule has 0 aliphatic heterocycles. The van der Waals surface area contributed by atoms with Crippen LogP contribution in [0.2, 0.25) is 0 Å². The maximum atomic E-state index is 5.86. The molecule has 2 rings (SSSR count). The monoisotopic (exact) mass is 324 g/mol. The van der Waals surface area contributed by atoms with Gasteiger partial charge in [0.2, 0.25) is 0 Å². The summed E-state index contributed by atoms with van der Waals surface area (Å²) in [4.78, 5) is 0. The molecule has 1 atom stereocenters. The van der Waals surface area contributed by atoms with Crippen molar-refractivity contribution < 1.29 is 0 Å². The van der Waals surface area contributed by atoms with Crippen LogP contribution in [-0.2, 0) is 0 Å². The first kappa shape index (κ1) is 15.0. The van der Waals surface area contributed by atoms with Gasteiger partial charge >= 0.3 is 0 Å². The summed E-state index contributed by atoms with van der Waals surface area (Å²) in [5, 5.41) is 0. The van der Waals surface area contributed by atoms with E-state index in [1.54, 1.807) is 0 Å². The molecule has 1 saturated carbocycles. The second-order valence-electron chi connectivity index (χ2n) is 5.86. The molecule has 2 nitrogen and oxygen atoms in total. The smallest absolute Gasteiger partial charge is 0.0488 e. The summed E-state index contributed by atoms with van der Waals surface area (Å²) in [6, 6.07) is 4.84. The van der Waals surface area contributed by atoms with Crippen LogP contribution in [0, 0.1) is 19.8 Å². The lowest BCUT2D eigenvalue weighted by Gasteiger charge is -2.27. The van der Waals surface area contributed by atoms with Gasteiger partial charge in [-0.05, 0) is 49.3 Å². The number of halogens is 1. The van der Waals surface area contributed by atoms with Gasteiger partial charge < -0.3 is 0 Å². The molecule has 0 aromatic heterocycles. The molecule has 3 N–H and O–H groups in total. The number of benzene rings is 1. The van der Waals surface area contributed by atoms with E-state index in [0.717, 1.165) is 0 Å². The Labute approximate surface area is 125 Å². The molecule has 0 saturated heterocycles. The topological polar surface area (TPSA) is 38.0 Å². The maximum absolute atomic E-state index is 5.86. The lowest BCUT2D eigenvalue weighted by molar-refractivity contribution is 0.329. The molecule has 1 aromatic rings. The molecule has 1 fully saturated rings. The average molecular weight is 325 g/mol. The predicted molar refractivity (Wildman–Crippen MR) is 84.9 cm³/mol. The summed E-state index contributed by atoms with van der Waals surface area (Å²) in [5.74, 6) is 6.54. The van der Waals surface area contributed by atoms with E-state index < -0.39 is 0 Å². The van der Waals surface area contributed by atoms with Gasteiger partial charge in [-0.1, -0.05) is 53.7 Å². The maximum Gasteiger partial charge on any atom is 0.0488 e. The van der Waals surface area contributed by atoms with E-state index in [2.05, 4.69) is 47.3 Å². The van der Waals surface area contributed by atoms with Crippen molar-refractivity contribution in [1.29, 1.82) is 0 Å². The van der Waals surface area contributed by atoms with Crippen LogP contribution in [0.1, 0.15) is 61.3 Å². The molecule has 106 valence electrons. The van der Waals surface area contributed by atoms with Crippen LogP contribution in [0.5, 0.6) is 0 Å². The van der Waals surface area contributed by atoms with E-state index in [9.17, 15) is 0 Å². The van der Waals surface area contributed by atoms with Gasteiger partial charge in [-0.25, -0.2) is 0 Å². The van der Waals surface area contributed by atoms with Crippen LogP contribution in [0.4, 0.5) is 0 Å². The second kappa shape index (κ2) is 6.87. The highest BCUT2D eigenvalue weighted by molar-refractivity contribution is 9.10. The van der Waals surface area contributed by atoms with Crippen molar-refractivity contribution in [2.75, 3.05) is 0 Å². The Kier molecular flexibility index (Phi) is 5.43. The van der Waals surface area contributed by atoms with Gasteiger partial charge in [0.05, 0.1) is 0 Å². The van der Waals surface area contributed by atoms with Gasteiger partial charge in [0, 0.05) is 10.5 Å². The van der Waals surface area contributed by atoms with Gasteiger partial charge in [-0.2, -0.15) is 0 Å². The summed E-state index contributed by atoms with van der Waals surface area (Å²) >= 11 is 3.64. The quantitative estimate of drug-likeness (QED) is 0.486. The van der Waals surface area contributed by atoms with Gasteiger partial charge in [-0.15, -0.1) is 0 Å². The van der Waals surface area contributed by atoms with E-state index >= 15 is 0 Å². The van der Waals surface area contributed by atoms with Crippen LogP contribution in [0.3, 0.4) is 0 Å².